The van der Waals surface area contributed by atoms with Gasteiger partial charge in [-0.15, -0.1) is 11.3 Å². The van der Waals surface area contributed by atoms with Gasteiger partial charge in [-0.25, -0.2) is 4.98 Å². The molecule has 1 aromatic heterocycles. The Labute approximate surface area is 128 Å². The lowest BCUT2D eigenvalue weighted by Gasteiger charge is -2.31. The predicted molar refractivity (Wildman–Crippen MR) is 79.9 cm³/mol. The Morgan fingerprint density at radius 3 is 2.86 bits per heavy atom. The van der Waals surface area contributed by atoms with Crippen LogP contribution in [0, 0.1) is 0 Å². The largest absolute Gasteiger partial charge is 0.465 e. The fourth-order valence-corrected chi connectivity index (χ4v) is 4.75. The third-order valence-corrected chi connectivity index (χ3v) is 5.78. The molecule has 0 N–H and O–H groups in total. The molecule has 0 radical (unpaired) electrons. The van der Waals surface area contributed by atoms with Crippen LogP contribution in [0.15, 0.2) is 0 Å². The van der Waals surface area contributed by atoms with Gasteiger partial charge in [-0.1, -0.05) is 0 Å². The van der Waals surface area contributed by atoms with Gasteiger partial charge in [0.25, 0.3) is 0 Å². The minimum Gasteiger partial charge on any atom is -0.465 e. The molecule has 2 fully saturated rings. The molecule has 0 amide bonds. The number of anilines is 1. The summed E-state index contributed by atoms with van der Waals surface area (Å²) in [5, 5.41) is 1.06. The van der Waals surface area contributed by atoms with Crippen LogP contribution in [-0.2, 0) is 20.7 Å². The van der Waals surface area contributed by atoms with E-state index in [1.807, 2.05) is 6.92 Å². The quantitative estimate of drug-likeness (QED) is 0.801. The van der Waals surface area contributed by atoms with Crippen molar-refractivity contribution >= 4 is 22.4 Å². The fraction of sp³-hybridized carbons (Fsp3) is 0.733. The fourth-order valence-electron chi connectivity index (χ4n) is 3.59. The van der Waals surface area contributed by atoms with Crippen LogP contribution in [0.1, 0.15) is 42.7 Å². The minimum absolute atomic E-state index is 0.116. The monoisotopic (exact) mass is 308 g/mol. The highest BCUT2D eigenvalue weighted by molar-refractivity contribution is 7.15. The van der Waals surface area contributed by atoms with Crippen LogP contribution in [0.4, 0.5) is 5.13 Å². The molecule has 3 atom stereocenters. The first-order chi connectivity index (χ1) is 10.2. The Hall–Kier alpha value is -1.14. The van der Waals surface area contributed by atoms with Gasteiger partial charge in [-0.3, -0.25) is 4.79 Å². The van der Waals surface area contributed by atoms with Gasteiger partial charge in [0.15, 0.2) is 5.13 Å². The molecule has 2 saturated heterocycles. The Morgan fingerprint density at radius 2 is 2.14 bits per heavy atom. The molecule has 3 heterocycles. The molecule has 4 rings (SSSR count). The van der Waals surface area contributed by atoms with Crippen molar-refractivity contribution in [3.8, 4) is 0 Å². The summed E-state index contributed by atoms with van der Waals surface area (Å²) in [4.78, 5) is 20.4. The Kier molecular flexibility index (Phi) is 3.38. The average Bonchev–Trinajstić information content (AvgIpc) is 3.12. The topological polar surface area (TPSA) is 51.7 Å². The highest BCUT2D eigenvalue weighted by Gasteiger charge is 2.38. The zero-order valence-electron chi connectivity index (χ0n) is 12.2. The van der Waals surface area contributed by atoms with Gasteiger partial charge in [0, 0.05) is 18.0 Å². The molecule has 0 aromatic carbocycles. The van der Waals surface area contributed by atoms with E-state index in [1.54, 1.807) is 11.3 Å². The van der Waals surface area contributed by atoms with Gasteiger partial charge in [0.1, 0.15) is 5.92 Å². The van der Waals surface area contributed by atoms with Crippen LogP contribution in [0.5, 0.6) is 0 Å². The number of nitrogens with zero attached hydrogens (tertiary/aromatic N) is 2. The molecule has 1 aromatic rings. The molecular weight excluding hydrogens is 288 g/mol. The zero-order chi connectivity index (χ0) is 14.4. The molecule has 114 valence electrons. The first-order valence-electron chi connectivity index (χ1n) is 7.81. The van der Waals surface area contributed by atoms with Crippen molar-refractivity contribution in [3.05, 3.63) is 10.6 Å². The number of rotatable bonds is 3. The molecule has 1 aliphatic carbocycles. The van der Waals surface area contributed by atoms with Crippen molar-refractivity contribution in [3.63, 3.8) is 0 Å². The first-order valence-corrected chi connectivity index (χ1v) is 8.63. The summed E-state index contributed by atoms with van der Waals surface area (Å²) in [5.41, 5.74) is 0.965. The van der Waals surface area contributed by atoms with E-state index in [-0.39, 0.29) is 11.9 Å². The average molecular weight is 308 g/mol. The lowest BCUT2D eigenvalue weighted by atomic mass is 10.1. The summed E-state index contributed by atoms with van der Waals surface area (Å²) in [6.07, 6.45) is 4.86. The lowest BCUT2D eigenvalue weighted by Crippen LogP contribution is -2.42. The number of ether oxygens (including phenoxy) is 2. The maximum Gasteiger partial charge on any atom is 0.315 e. The number of fused-ring (bicyclic) bond motifs is 3. The molecule has 0 saturated carbocycles. The van der Waals surface area contributed by atoms with E-state index in [0.29, 0.717) is 18.8 Å². The van der Waals surface area contributed by atoms with E-state index >= 15 is 0 Å². The predicted octanol–water partition coefficient (Wildman–Crippen LogP) is 2.10. The lowest BCUT2D eigenvalue weighted by molar-refractivity contribution is -0.145. The van der Waals surface area contributed by atoms with Crippen molar-refractivity contribution in [2.75, 3.05) is 24.6 Å². The van der Waals surface area contributed by atoms with Crippen molar-refractivity contribution < 1.29 is 14.3 Å². The first kappa shape index (κ1) is 13.5. The third kappa shape index (κ3) is 2.34. The van der Waals surface area contributed by atoms with Crippen LogP contribution in [-0.4, -0.2) is 42.9 Å². The summed E-state index contributed by atoms with van der Waals surface area (Å²) in [7, 11) is 0. The molecule has 21 heavy (non-hydrogen) atoms. The highest BCUT2D eigenvalue weighted by Crippen LogP contribution is 2.41. The molecule has 3 unspecified atom stereocenters. The molecule has 2 aliphatic heterocycles. The van der Waals surface area contributed by atoms with Gasteiger partial charge < -0.3 is 14.4 Å². The van der Waals surface area contributed by atoms with E-state index in [1.165, 1.54) is 4.88 Å². The number of hydrogen-bond donors (Lipinski definition) is 0. The Balaban J connectivity index is 1.54. The van der Waals surface area contributed by atoms with Crippen molar-refractivity contribution in [2.24, 2.45) is 0 Å². The molecular formula is C15H20N2O3S. The summed E-state index contributed by atoms with van der Waals surface area (Å²) >= 11 is 1.75. The summed E-state index contributed by atoms with van der Waals surface area (Å²) in [6.45, 7) is 4.16. The van der Waals surface area contributed by atoms with Crippen molar-refractivity contribution in [1.29, 1.82) is 0 Å². The van der Waals surface area contributed by atoms with Gasteiger partial charge in [0.2, 0.25) is 0 Å². The van der Waals surface area contributed by atoms with Crippen LogP contribution in [0.3, 0.4) is 0 Å². The van der Waals surface area contributed by atoms with Crippen molar-refractivity contribution in [1.82, 2.24) is 4.98 Å². The second-order valence-electron chi connectivity index (χ2n) is 6.01. The second kappa shape index (κ2) is 5.25. The Bertz CT molecular complexity index is 547. The normalized spacial score (nSPS) is 30.5. The zero-order valence-corrected chi connectivity index (χ0v) is 13.0. The third-order valence-electron chi connectivity index (χ3n) is 4.59. The van der Waals surface area contributed by atoms with E-state index in [9.17, 15) is 4.79 Å². The van der Waals surface area contributed by atoms with Crippen LogP contribution >= 0.6 is 11.3 Å². The molecule has 6 heteroatoms. The van der Waals surface area contributed by atoms with E-state index < -0.39 is 0 Å². The summed E-state index contributed by atoms with van der Waals surface area (Å²) < 4.78 is 11.1. The standard InChI is InChI=1S/C15H20N2O3S/c1-2-19-14(18)11-5-6-12-13(11)16-15(21-12)17-7-9-3-4-10(8-17)20-9/h9-11H,2-8H2,1H3. The number of aryl methyl sites for hydroxylation is 1. The minimum atomic E-state index is -0.150. The second-order valence-corrected chi connectivity index (χ2v) is 7.07. The molecule has 3 aliphatic rings. The number of carbonyl (C=O) groups is 1. The highest BCUT2D eigenvalue weighted by atomic mass is 32.1. The number of morpholine rings is 1. The van der Waals surface area contributed by atoms with Gasteiger partial charge >= 0.3 is 5.97 Å². The summed E-state index contributed by atoms with van der Waals surface area (Å²) in [6, 6.07) is 0. The van der Waals surface area contributed by atoms with E-state index in [2.05, 4.69) is 4.90 Å². The number of carbonyl (C=O) groups excluding carboxylic acids is 1. The van der Waals surface area contributed by atoms with E-state index in [0.717, 1.165) is 49.6 Å². The van der Waals surface area contributed by atoms with Gasteiger partial charge in [-0.2, -0.15) is 0 Å². The molecule has 0 spiro atoms. The number of thiazole rings is 1. The van der Waals surface area contributed by atoms with E-state index in [4.69, 9.17) is 14.5 Å². The maximum atomic E-state index is 12.0. The van der Waals surface area contributed by atoms with Crippen LogP contribution < -0.4 is 4.90 Å². The van der Waals surface area contributed by atoms with Gasteiger partial charge in [0.05, 0.1) is 24.5 Å². The molecule has 2 bridgehead atoms. The smallest absolute Gasteiger partial charge is 0.315 e. The number of hydrogen-bond acceptors (Lipinski definition) is 6. The SMILES string of the molecule is CCOC(=O)C1CCc2sc(N3CC4CCC(C3)O4)nc21. The Morgan fingerprint density at radius 1 is 1.38 bits per heavy atom. The van der Waals surface area contributed by atoms with Crippen LogP contribution in [0.25, 0.3) is 0 Å². The van der Waals surface area contributed by atoms with Gasteiger partial charge in [-0.05, 0) is 32.6 Å². The summed E-state index contributed by atoms with van der Waals surface area (Å²) in [5.74, 6) is -0.266. The maximum absolute atomic E-state index is 12.0. The number of aromatic nitrogens is 1. The molecule has 5 nitrogen and oxygen atoms in total. The van der Waals surface area contributed by atoms with Crippen molar-refractivity contribution in [2.45, 2.75) is 50.7 Å². The van der Waals surface area contributed by atoms with Crippen LogP contribution in [0.2, 0.25) is 0 Å². The number of esters is 1.